The maximum atomic E-state index is 13.1. The fourth-order valence-corrected chi connectivity index (χ4v) is 1.92. The van der Waals surface area contributed by atoms with Crippen molar-refractivity contribution in [1.29, 1.82) is 0 Å². The summed E-state index contributed by atoms with van der Waals surface area (Å²) < 4.78 is 13.1. The molecule has 1 aromatic carbocycles. The number of aromatic nitrogens is 1. The molecule has 0 unspecified atom stereocenters. The van der Waals surface area contributed by atoms with Crippen LogP contribution in [-0.4, -0.2) is 11.2 Å². The lowest BCUT2D eigenvalue weighted by atomic mass is 10.1. The van der Waals surface area contributed by atoms with E-state index in [-0.39, 0.29) is 5.82 Å². The van der Waals surface area contributed by atoms with Gasteiger partial charge in [0.25, 0.3) is 0 Å². The van der Waals surface area contributed by atoms with Crippen LogP contribution in [0.3, 0.4) is 0 Å². The number of thioether (sulfide) groups is 1. The lowest BCUT2D eigenvalue weighted by Gasteiger charge is -2.05. The summed E-state index contributed by atoms with van der Waals surface area (Å²) in [5.41, 5.74) is 7.89. The number of nitrogen functional groups attached to an aromatic ring is 1. The molecule has 2 rings (SSSR count). The third kappa shape index (κ3) is 2.17. The molecule has 0 aliphatic heterocycles. The number of hydrogen-bond acceptors (Lipinski definition) is 3. The van der Waals surface area contributed by atoms with Gasteiger partial charge in [0.1, 0.15) is 10.8 Å². The van der Waals surface area contributed by atoms with E-state index in [0.29, 0.717) is 5.69 Å². The van der Waals surface area contributed by atoms with Crippen LogP contribution in [0, 0.1) is 5.82 Å². The largest absolute Gasteiger partial charge is 0.397 e. The summed E-state index contributed by atoms with van der Waals surface area (Å²) in [5.74, 6) is -0.262. The molecule has 0 spiro atoms. The molecule has 4 heteroatoms. The van der Waals surface area contributed by atoms with Crippen LogP contribution < -0.4 is 5.73 Å². The number of hydrogen-bond donors (Lipinski definition) is 1. The zero-order chi connectivity index (χ0) is 11.5. The molecule has 0 aliphatic rings. The van der Waals surface area contributed by atoms with Crippen molar-refractivity contribution >= 4 is 17.4 Å². The smallest absolute Gasteiger partial charge is 0.123 e. The Morgan fingerprint density at radius 3 is 2.75 bits per heavy atom. The average Bonchev–Trinajstić information content (AvgIpc) is 2.29. The van der Waals surface area contributed by atoms with Gasteiger partial charge in [-0.3, -0.25) is 0 Å². The predicted molar refractivity (Wildman–Crippen MR) is 65.8 cm³/mol. The summed E-state index contributed by atoms with van der Waals surface area (Å²) in [6, 6.07) is 9.95. The van der Waals surface area contributed by atoms with Gasteiger partial charge in [0.2, 0.25) is 0 Å². The van der Waals surface area contributed by atoms with E-state index in [9.17, 15) is 4.39 Å². The second-order valence-corrected chi connectivity index (χ2v) is 4.10. The summed E-state index contributed by atoms with van der Waals surface area (Å²) in [6.07, 6.45) is 1.91. The summed E-state index contributed by atoms with van der Waals surface area (Å²) in [4.78, 5) is 4.37. The molecule has 0 saturated heterocycles. The van der Waals surface area contributed by atoms with E-state index >= 15 is 0 Å². The molecule has 0 fully saturated rings. The molecule has 2 aromatic rings. The Morgan fingerprint density at radius 1 is 1.25 bits per heavy atom. The highest BCUT2D eigenvalue weighted by Crippen LogP contribution is 2.25. The van der Waals surface area contributed by atoms with Crippen molar-refractivity contribution in [2.24, 2.45) is 0 Å². The first kappa shape index (κ1) is 11.0. The summed E-state index contributed by atoms with van der Waals surface area (Å²) in [7, 11) is 0. The Hall–Kier alpha value is -1.55. The Kier molecular flexibility index (Phi) is 3.10. The zero-order valence-corrected chi connectivity index (χ0v) is 9.59. The van der Waals surface area contributed by atoms with Gasteiger partial charge in [-0.25, -0.2) is 9.37 Å². The van der Waals surface area contributed by atoms with Gasteiger partial charge in [0.05, 0.1) is 11.4 Å². The monoisotopic (exact) mass is 234 g/mol. The van der Waals surface area contributed by atoms with Crippen molar-refractivity contribution in [1.82, 2.24) is 4.98 Å². The van der Waals surface area contributed by atoms with Crippen LogP contribution in [0.2, 0.25) is 0 Å². The number of nitrogens with zero attached hydrogens (tertiary/aromatic N) is 1. The topological polar surface area (TPSA) is 38.9 Å². The maximum absolute atomic E-state index is 13.1. The zero-order valence-electron chi connectivity index (χ0n) is 8.77. The van der Waals surface area contributed by atoms with Gasteiger partial charge in [-0.05, 0) is 30.5 Å². The summed E-state index contributed by atoms with van der Waals surface area (Å²) in [5, 5.41) is 0.766. The number of pyridine rings is 1. The number of nitrogens with two attached hydrogens (primary N) is 1. The van der Waals surface area contributed by atoms with E-state index in [4.69, 9.17) is 5.73 Å². The van der Waals surface area contributed by atoms with Gasteiger partial charge in [0.15, 0.2) is 0 Å². The minimum Gasteiger partial charge on any atom is -0.397 e. The van der Waals surface area contributed by atoms with E-state index in [1.165, 1.54) is 23.9 Å². The van der Waals surface area contributed by atoms with Crippen LogP contribution >= 0.6 is 11.8 Å². The minimum absolute atomic E-state index is 0.262. The van der Waals surface area contributed by atoms with Crippen LogP contribution in [0.4, 0.5) is 10.1 Å². The summed E-state index contributed by atoms with van der Waals surface area (Å²) >= 11 is 1.48. The first-order valence-corrected chi connectivity index (χ1v) is 5.99. The first-order valence-electron chi connectivity index (χ1n) is 4.77. The van der Waals surface area contributed by atoms with Gasteiger partial charge in [-0.1, -0.05) is 12.1 Å². The molecule has 0 saturated carbocycles. The molecule has 16 heavy (non-hydrogen) atoms. The Labute approximate surface area is 97.7 Å². The lowest BCUT2D eigenvalue weighted by molar-refractivity contribution is 0.628. The van der Waals surface area contributed by atoms with Crippen molar-refractivity contribution in [3.8, 4) is 11.3 Å². The van der Waals surface area contributed by atoms with Gasteiger partial charge in [-0.2, -0.15) is 0 Å². The number of benzene rings is 1. The Morgan fingerprint density at radius 2 is 2.06 bits per heavy atom. The highest BCUT2D eigenvalue weighted by atomic mass is 32.2. The second-order valence-electron chi connectivity index (χ2n) is 3.31. The van der Waals surface area contributed by atoms with E-state index in [1.807, 2.05) is 12.3 Å². The third-order valence-electron chi connectivity index (χ3n) is 2.20. The molecule has 0 radical (unpaired) electrons. The van der Waals surface area contributed by atoms with Crippen molar-refractivity contribution in [3.63, 3.8) is 0 Å². The van der Waals surface area contributed by atoms with Crippen LogP contribution in [0.1, 0.15) is 0 Å². The van der Waals surface area contributed by atoms with E-state index < -0.39 is 0 Å². The van der Waals surface area contributed by atoms with E-state index in [1.54, 1.807) is 18.2 Å². The molecule has 2 nitrogen and oxygen atoms in total. The van der Waals surface area contributed by atoms with Gasteiger partial charge in [-0.15, -0.1) is 11.8 Å². The fourth-order valence-electron chi connectivity index (χ4n) is 1.42. The van der Waals surface area contributed by atoms with Crippen LogP contribution in [0.5, 0.6) is 0 Å². The number of anilines is 1. The molecule has 2 N–H and O–H groups in total. The first-order chi connectivity index (χ1) is 7.70. The van der Waals surface area contributed by atoms with Crippen molar-refractivity contribution in [2.45, 2.75) is 5.03 Å². The average molecular weight is 234 g/mol. The van der Waals surface area contributed by atoms with E-state index in [2.05, 4.69) is 4.98 Å². The normalized spacial score (nSPS) is 10.4. The molecule has 0 bridgehead atoms. The minimum atomic E-state index is -0.262. The van der Waals surface area contributed by atoms with Crippen LogP contribution in [0.25, 0.3) is 11.3 Å². The van der Waals surface area contributed by atoms with Gasteiger partial charge < -0.3 is 5.73 Å². The summed E-state index contributed by atoms with van der Waals surface area (Å²) in [6.45, 7) is 0. The molecular weight excluding hydrogens is 223 g/mol. The fraction of sp³-hybridized carbons (Fsp3) is 0.0833. The maximum Gasteiger partial charge on any atom is 0.123 e. The molecular formula is C12H11FN2S. The molecule has 1 heterocycles. The quantitative estimate of drug-likeness (QED) is 0.811. The molecule has 0 amide bonds. The van der Waals surface area contributed by atoms with Crippen LogP contribution in [0.15, 0.2) is 41.4 Å². The highest BCUT2D eigenvalue weighted by molar-refractivity contribution is 7.98. The molecule has 82 valence electrons. The van der Waals surface area contributed by atoms with Crippen molar-refractivity contribution < 1.29 is 4.39 Å². The Bertz CT molecular complexity index is 514. The van der Waals surface area contributed by atoms with Gasteiger partial charge >= 0.3 is 0 Å². The number of halogens is 1. The lowest BCUT2D eigenvalue weighted by Crippen LogP contribution is -1.93. The van der Waals surface area contributed by atoms with E-state index in [0.717, 1.165) is 16.3 Å². The van der Waals surface area contributed by atoms with Gasteiger partial charge in [0, 0.05) is 5.56 Å². The third-order valence-corrected chi connectivity index (χ3v) is 2.92. The molecule has 1 aromatic heterocycles. The molecule has 0 aliphatic carbocycles. The van der Waals surface area contributed by atoms with Crippen molar-refractivity contribution in [3.05, 3.63) is 42.2 Å². The van der Waals surface area contributed by atoms with Crippen LogP contribution in [-0.2, 0) is 0 Å². The number of rotatable bonds is 2. The SMILES string of the molecule is CSc1nc(-c2cccc(F)c2)ccc1N. The second kappa shape index (κ2) is 4.53. The predicted octanol–water partition coefficient (Wildman–Crippen LogP) is 3.19. The standard InChI is InChI=1S/C12H11FN2S/c1-16-12-10(14)5-6-11(15-12)8-3-2-4-9(13)7-8/h2-7H,14H2,1H3. The van der Waals surface area contributed by atoms with Crippen molar-refractivity contribution in [2.75, 3.05) is 12.0 Å². The Balaban J connectivity index is 2.48. The molecule has 0 atom stereocenters. The highest BCUT2D eigenvalue weighted by Gasteiger charge is 2.04.